The third kappa shape index (κ3) is 10.8. The van der Waals surface area contributed by atoms with Crippen molar-refractivity contribution >= 4 is 54.0 Å². The Balaban J connectivity index is 3.08. The lowest BCUT2D eigenvalue weighted by Gasteiger charge is -2.26. The van der Waals surface area contributed by atoms with E-state index in [4.69, 9.17) is 11.5 Å². The second kappa shape index (κ2) is 15.5. The highest BCUT2D eigenvalue weighted by atomic mass is 31.0. The van der Waals surface area contributed by atoms with Crippen molar-refractivity contribution in [2.45, 2.75) is 43.8 Å². The first-order valence-corrected chi connectivity index (χ1v) is 11.5. The summed E-state index contributed by atoms with van der Waals surface area (Å²) in [5, 5.41) is 4.86. The molecule has 0 fully saturated rings. The van der Waals surface area contributed by atoms with E-state index in [2.05, 4.69) is 33.9 Å². The van der Waals surface area contributed by atoms with Crippen LogP contribution in [0.5, 0.6) is 0 Å². The van der Waals surface area contributed by atoms with Crippen LogP contribution >= 0.6 is 18.5 Å². The van der Waals surface area contributed by atoms with Crippen molar-refractivity contribution in [1.82, 2.24) is 20.5 Å². The lowest BCUT2D eigenvalue weighted by Crippen LogP contribution is -2.56. The average Bonchev–Trinajstić information content (AvgIpc) is 2.82. The van der Waals surface area contributed by atoms with Gasteiger partial charge in [0.15, 0.2) is 0 Å². The highest BCUT2D eigenvalue weighted by Crippen LogP contribution is 2.09. The molecule has 0 spiro atoms. The van der Waals surface area contributed by atoms with Crippen LogP contribution in [-0.4, -0.2) is 77.1 Å². The average molecular weight is 541 g/mol. The fourth-order valence-corrected chi connectivity index (χ4v) is 3.42. The molecule has 0 aliphatic heterocycles. The van der Waals surface area contributed by atoms with Gasteiger partial charge >= 0.3 is 5.97 Å². The summed E-state index contributed by atoms with van der Waals surface area (Å²) in [5.41, 5.74) is 11.0. The summed E-state index contributed by atoms with van der Waals surface area (Å²) in [5.74, 6) is -4.55. The van der Waals surface area contributed by atoms with Crippen LogP contribution in [0.15, 0.2) is 29.3 Å². The summed E-state index contributed by atoms with van der Waals surface area (Å²) in [7, 11) is 6.00. The van der Waals surface area contributed by atoms with Crippen molar-refractivity contribution in [3.63, 3.8) is 0 Å². The molecule has 0 aliphatic rings. The molecular formula is C20H29N7O7P2. The molecular weight excluding hydrogens is 512 g/mol. The lowest BCUT2D eigenvalue weighted by molar-refractivity contribution is -0.138. The van der Waals surface area contributed by atoms with Gasteiger partial charge in [-0.1, -0.05) is 6.07 Å². The van der Waals surface area contributed by atoms with Crippen molar-refractivity contribution in [2.24, 2.45) is 16.2 Å². The molecule has 0 radical (unpaired) electrons. The molecule has 16 heteroatoms. The smallest absolute Gasteiger partial charge is 0.308 e. The molecule has 1 unspecified atom stereocenters. The van der Waals surface area contributed by atoms with Crippen LogP contribution in [0, 0.1) is 0 Å². The van der Waals surface area contributed by atoms with Gasteiger partial charge in [0.05, 0.1) is 22.4 Å². The van der Waals surface area contributed by atoms with Crippen LogP contribution in [-0.2, 0) is 39.7 Å². The summed E-state index contributed by atoms with van der Waals surface area (Å²) >= 11 is 0. The van der Waals surface area contributed by atoms with Crippen molar-refractivity contribution in [1.29, 1.82) is 0 Å². The Bertz CT molecular complexity index is 980. The number of carbonyl (C=O) groups is 6. The van der Waals surface area contributed by atoms with Gasteiger partial charge in [0, 0.05) is 32.3 Å². The largest absolute Gasteiger partial charge is 0.452 e. The normalized spacial score (nSPS) is 12.8. The molecule has 1 aromatic heterocycles. The fourth-order valence-electron chi connectivity index (χ4n) is 3.05. The van der Waals surface area contributed by atoms with Gasteiger partial charge in [-0.3, -0.25) is 38.5 Å². The summed E-state index contributed by atoms with van der Waals surface area (Å²) in [6.45, 7) is -0.396. The molecule has 36 heavy (non-hydrogen) atoms. The first-order valence-electron chi connectivity index (χ1n) is 10.6. The molecule has 1 heterocycles. The van der Waals surface area contributed by atoms with Crippen LogP contribution in [0.3, 0.4) is 0 Å². The molecule has 0 saturated heterocycles. The minimum absolute atomic E-state index is 0.00499. The topological polar surface area (TPSA) is 216 Å². The number of nitrogens with zero attached hydrogens (tertiary/aromatic N) is 3. The third-order valence-electron chi connectivity index (χ3n) is 4.80. The number of nitrogens with two attached hydrogens (primary N) is 2. The quantitative estimate of drug-likeness (QED) is 0.186. The van der Waals surface area contributed by atoms with Gasteiger partial charge in [-0.05, 0) is 27.1 Å². The van der Waals surface area contributed by atoms with Crippen molar-refractivity contribution < 1.29 is 33.3 Å². The summed E-state index contributed by atoms with van der Waals surface area (Å²) < 4.78 is 8.15. The lowest BCUT2D eigenvalue weighted by atomic mass is 10.0. The fraction of sp³-hybridized carbons (Fsp3) is 0.450. The van der Waals surface area contributed by atoms with Gasteiger partial charge in [0.25, 0.3) is 0 Å². The standard InChI is InChI=1S/C20H29N7O7P2/c1-27(10-16(22)29)20(33)14(7-11-3-2-6-23-9-11)25-19(32)13(8-15(21)28)24-18(31)12(26-35)4-5-17(30)34-36/h2-3,6,9,12-14,35H,4-5,7-8,10,36H2,1H3,(H2,21,28)(H2,22,29)(H,24,31)(H,25,32)/t12-,13-,14-/m0/s1. The number of rotatable bonds is 15. The molecule has 0 saturated carbocycles. The van der Waals surface area contributed by atoms with E-state index >= 15 is 0 Å². The predicted octanol–water partition coefficient (Wildman–Crippen LogP) is -1.78. The Hall–Kier alpha value is -3.50. The van der Waals surface area contributed by atoms with Crippen LogP contribution in [0.1, 0.15) is 24.8 Å². The molecule has 5 amide bonds. The Labute approximate surface area is 211 Å². The number of pyridine rings is 1. The minimum atomic E-state index is -1.45. The Kier molecular flexibility index (Phi) is 13.1. The first kappa shape index (κ1) is 30.5. The van der Waals surface area contributed by atoms with Crippen LogP contribution < -0.4 is 22.1 Å². The first-order chi connectivity index (χ1) is 17.0. The SMILES string of the molecule is CN(CC(N)=O)C(=O)[C@H](Cc1cccnc1)NC(=O)[C@H](CC(N)=O)NC(=O)[C@H](CCC(=O)OP)N=P. The van der Waals surface area contributed by atoms with Gasteiger partial charge in [-0.2, -0.15) is 0 Å². The number of carbonyl (C=O) groups excluding carboxylic acids is 6. The molecule has 1 rings (SSSR count). The number of amides is 5. The predicted molar refractivity (Wildman–Crippen MR) is 132 cm³/mol. The number of hydrogen-bond donors (Lipinski definition) is 4. The Morgan fingerprint density at radius 1 is 1.14 bits per heavy atom. The zero-order valence-electron chi connectivity index (χ0n) is 19.5. The van der Waals surface area contributed by atoms with E-state index in [9.17, 15) is 28.8 Å². The van der Waals surface area contributed by atoms with Gasteiger partial charge < -0.3 is 31.5 Å². The second-order valence-corrected chi connectivity index (χ2v) is 8.19. The zero-order valence-corrected chi connectivity index (χ0v) is 21.7. The van der Waals surface area contributed by atoms with Gasteiger partial charge in [-0.15, -0.1) is 0 Å². The maximum absolute atomic E-state index is 13.1. The second-order valence-electron chi connectivity index (χ2n) is 7.69. The molecule has 4 atom stereocenters. The molecule has 1 aromatic rings. The molecule has 6 N–H and O–H groups in total. The Morgan fingerprint density at radius 2 is 1.81 bits per heavy atom. The molecule has 0 bridgehead atoms. The van der Waals surface area contributed by atoms with E-state index in [1.807, 2.05) is 0 Å². The van der Waals surface area contributed by atoms with E-state index in [1.54, 1.807) is 21.6 Å². The number of nitrogens with one attached hydrogen (secondary N) is 2. The highest BCUT2D eigenvalue weighted by Gasteiger charge is 2.31. The van der Waals surface area contributed by atoms with E-state index in [0.29, 0.717) is 5.56 Å². The van der Waals surface area contributed by atoms with E-state index < -0.39 is 66.6 Å². The summed E-state index contributed by atoms with van der Waals surface area (Å²) in [4.78, 5) is 77.9. The van der Waals surface area contributed by atoms with Crippen LogP contribution in [0.4, 0.5) is 0 Å². The number of hydrogen-bond acceptors (Lipinski definition) is 9. The van der Waals surface area contributed by atoms with E-state index in [1.165, 1.54) is 19.4 Å². The number of aromatic nitrogens is 1. The maximum Gasteiger partial charge on any atom is 0.308 e. The Morgan fingerprint density at radius 3 is 2.33 bits per heavy atom. The molecule has 0 aliphatic carbocycles. The van der Waals surface area contributed by atoms with E-state index in [0.717, 1.165) is 4.90 Å². The van der Waals surface area contributed by atoms with Gasteiger partial charge in [0.2, 0.25) is 29.5 Å². The summed E-state index contributed by atoms with van der Waals surface area (Å²) in [6.07, 6.45) is 2.24. The highest BCUT2D eigenvalue weighted by molar-refractivity contribution is 7.10. The minimum Gasteiger partial charge on any atom is -0.452 e. The monoisotopic (exact) mass is 541 g/mol. The summed E-state index contributed by atoms with van der Waals surface area (Å²) in [6, 6.07) is -0.420. The molecule has 0 aromatic carbocycles. The maximum atomic E-state index is 13.1. The van der Waals surface area contributed by atoms with Gasteiger partial charge in [0.1, 0.15) is 18.1 Å². The van der Waals surface area contributed by atoms with E-state index in [-0.39, 0.29) is 19.3 Å². The number of likely N-dealkylation sites (N-methyl/N-ethyl adjacent to an activating group) is 1. The number of primary amides is 2. The van der Waals surface area contributed by atoms with Crippen LogP contribution in [0.25, 0.3) is 0 Å². The molecule has 14 nitrogen and oxygen atoms in total. The zero-order chi connectivity index (χ0) is 27.3. The van der Waals surface area contributed by atoms with Crippen molar-refractivity contribution in [3.8, 4) is 0 Å². The van der Waals surface area contributed by atoms with Crippen molar-refractivity contribution in [3.05, 3.63) is 30.1 Å². The van der Waals surface area contributed by atoms with Crippen molar-refractivity contribution in [2.75, 3.05) is 13.6 Å². The molecule has 196 valence electrons. The third-order valence-corrected chi connectivity index (χ3v) is 5.37. The van der Waals surface area contributed by atoms with Crippen LogP contribution in [0.2, 0.25) is 0 Å². The van der Waals surface area contributed by atoms with Gasteiger partial charge in [-0.25, -0.2) is 0 Å².